The van der Waals surface area contributed by atoms with Crippen LogP contribution in [0.4, 0.5) is 8.78 Å². The third-order valence-corrected chi connectivity index (χ3v) is 2.42. The van der Waals surface area contributed by atoms with E-state index < -0.39 is 6.43 Å². The second-order valence-electron chi connectivity index (χ2n) is 3.59. The van der Waals surface area contributed by atoms with Crippen molar-refractivity contribution in [2.75, 3.05) is 6.54 Å². The van der Waals surface area contributed by atoms with Crippen LogP contribution in [0.2, 0.25) is 0 Å². The minimum Gasteiger partial charge on any atom is -0.306 e. The first kappa shape index (κ1) is 11.0. The lowest BCUT2D eigenvalue weighted by molar-refractivity contribution is 0.145. The second-order valence-corrected chi connectivity index (χ2v) is 3.59. The van der Waals surface area contributed by atoms with Crippen molar-refractivity contribution in [3.05, 3.63) is 35.8 Å². The topological polar surface area (TPSA) is 29.3 Å². The van der Waals surface area contributed by atoms with Crippen molar-refractivity contribution in [3.8, 4) is 0 Å². The normalized spacial score (nSPS) is 11.5. The Morgan fingerprint density at radius 1 is 1.44 bits per heavy atom. The number of pyridine rings is 1. The number of fused-ring (bicyclic) bond motifs is 1. The van der Waals surface area contributed by atoms with Gasteiger partial charge in [-0.3, -0.25) is 0 Å². The van der Waals surface area contributed by atoms with E-state index in [9.17, 15) is 8.78 Å². The van der Waals surface area contributed by atoms with Crippen LogP contribution >= 0.6 is 0 Å². The zero-order valence-corrected chi connectivity index (χ0v) is 8.95. The van der Waals surface area contributed by atoms with E-state index in [1.54, 1.807) is 0 Å². The molecule has 0 unspecified atom stereocenters. The van der Waals surface area contributed by atoms with E-state index in [2.05, 4.69) is 10.3 Å². The molecule has 0 fully saturated rings. The number of alkyl halides is 2. The largest absolute Gasteiger partial charge is 0.306 e. The first-order valence-electron chi connectivity index (χ1n) is 5.10. The molecule has 16 heavy (non-hydrogen) atoms. The van der Waals surface area contributed by atoms with Crippen molar-refractivity contribution in [3.63, 3.8) is 0 Å². The molecule has 3 nitrogen and oxygen atoms in total. The number of nitrogens with one attached hydrogen (secondary N) is 1. The van der Waals surface area contributed by atoms with Gasteiger partial charge < -0.3 is 9.72 Å². The molecule has 0 amide bonds. The number of rotatable bonds is 4. The van der Waals surface area contributed by atoms with E-state index in [1.165, 1.54) is 0 Å². The summed E-state index contributed by atoms with van der Waals surface area (Å²) in [6.07, 6.45) is -0.436. The monoisotopic (exact) mass is 225 g/mol. The quantitative estimate of drug-likeness (QED) is 0.862. The van der Waals surface area contributed by atoms with Crippen LogP contribution in [-0.4, -0.2) is 22.4 Å². The fourth-order valence-corrected chi connectivity index (χ4v) is 1.68. The summed E-state index contributed by atoms with van der Waals surface area (Å²) < 4.78 is 25.9. The Morgan fingerprint density at radius 3 is 3.00 bits per heavy atom. The molecular weight excluding hydrogens is 212 g/mol. The second kappa shape index (κ2) is 4.57. The van der Waals surface area contributed by atoms with Gasteiger partial charge in [-0.1, -0.05) is 6.07 Å². The van der Waals surface area contributed by atoms with Gasteiger partial charge in [0.2, 0.25) is 0 Å². The predicted octanol–water partition coefficient (Wildman–Crippen LogP) is 2.00. The zero-order valence-electron chi connectivity index (χ0n) is 8.95. The van der Waals surface area contributed by atoms with E-state index >= 15 is 0 Å². The van der Waals surface area contributed by atoms with E-state index in [4.69, 9.17) is 0 Å². The third kappa shape index (κ3) is 2.19. The molecule has 2 heterocycles. The minimum absolute atomic E-state index is 0.292. The molecule has 0 spiro atoms. The molecule has 2 aromatic rings. The van der Waals surface area contributed by atoms with Crippen LogP contribution in [0.15, 0.2) is 24.4 Å². The van der Waals surface area contributed by atoms with Crippen molar-refractivity contribution in [1.29, 1.82) is 0 Å². The van der Waals surface area contributed by atoms with Gasteiger partial charge in [0.15, 0.2) is 0 Å². The summed E-state index contributed by atoms with van der Waals surface area (Å²) in [6, 6.07) is 5.69. The van der Waals surface area contributed by atoms with Gasteiger partial charge in [-0.15, -0.1) is 0 Å². The molecule has 0 saturated carbocycles. The standard InChI is InChI=1S/C11H13F2N3/c1-8-9(6-14-7-10(12)13)16-5-3-2-4-11(16)15-8/h2-5,10,14H,6-7H2,1H3. The smallest absolute Gasteiger partial charge is 0.250 e. The first-order valence-corrected chi connectivity index (χ1v) is 5.10. The van der Waals surface area contributed by atoms with Crippen molar-refractivity contribution in [1.82, 2.24) is 14.7 Å². The Morgan fingerprint density at radius 2 is 2.25 bits per heavy atom. The average Bonchev–Trinajstić information content (AvgIpc) is 2.55. The lowest BCUT2D eigenvalue weighted by atomic mass is 10.3. The van der Waals surface area contributed by atoms with E-state index in [0.717, 1.165) is 17.0 Å². The number of hydrogen-bond acceptors (Lipinski definition) is 2. The Bertz CT molecular complexity index is 479. The van der Waals surface area contributed by atoms with Crippen LogP contribution in [-0.2, 0) is 6.54 Å². The Kier molecular flexibility index (Phi) is 3.14. The highest BCUT2D eigenvalue weighted by molar-refractivity contribution is 5.42. The number of aromatic nitrogens is 2. The summed E-state index contributed by atoms with van der Waals surface area (Å²) in [5, 5.41) is 2.71. The molecule has 0 saturated heterocycles. The molecule has 5 heteroatoms. The maximum atomic E-state index is 12.0. The van der Waals surface area contributed by atoms with Crippen molar-refractivity contribution in [2.24, 2.45) is 0 Å². The number of imidazole rings is 1. The molecular formula is C11H13F2N3. The summed E-state index contributed by atoms with van der Waals surface area (Å²) in [5.41, 5.74) is 2.64. The Hall–Kier alpha value is -1.49. The number of hydrogen-bond donors (Lipinski definition) is 1. The number of nitrogens with zero attached hydrogens (tertiary/aromatic N) is 2. The summed E-state index contributed by atoms with van der Waals surface area (Å²) in [7, 11) is 0. The predicted molar refractivity (Wildman–Crippen MR) is 57.6 cm³/mol. The number of aryl methyl sites for hydroxylation is 1. The maximum Gasteiger partial charge on any atom is 0.250 e. The fraction of sp³-hybridized carbons (Fsp3) is 0.364. The third-order valence-electron chi connectivity index (χ3n) is 2.42. The van der Waals surface area contributed by atoms with Crippen LogP contribution in [0, 0.1) is 6.92 Å². The van der Waals surface area contributed by atoms with Crippen molar-refractivity contribution >= 4 is 5.65 Å². The zero-order chi connectivity index (χ0) is 11.5. The maximum absolute atomic E-state index is 12.0. The molecule has 0 aliphatic carbocycles. The molecule has 0 aliphatic heterocycles. The molecule has 1 N–H and O–H groups in total. The summed E-state index contributed by atoms with van der Waals surface area (Å²) >= 11 is 0. The van der Waals surface area contributed by atoms with E-state index in [0.29, 0.717) is 6.54 Å². The summed E-state index contributed by atoms with van der Waals surface area (Å²) in [5.74, 6) is 0. The van der Waals surface area contributed by atoms with Crippen LogP contribution < -0.4 is 5.32 Å². The highest BCUT2D eigenvalue weighted by Crippen LogP contribution is 2.11. The lowest BCUT2D eigenvalue weighted by Crippen LogP contribution is -2.21. The van der Waals surface area contributed by atoms with Crippen molar-refractivity contribution < 1.29 is 8.78 Å². The molecule has 2 aromatic heterocycles. The molecule has 0 aliphatic rings. The molecule has 0 radical (unpaired) electrons. The molecule has 0 bridgehead atoms. The highest BCUT2D eigenvalue weighted by Gasteiger charge is 2.08. The van der Waals surface area contributed by atoms with Gasteiger partial charge in [0.1, 0.15) is 5.65 Å². The minimum atomic E-state index is -2.32. The SMILES string of the molecule is Cc1nc2ccccn2c1CNCC(F)F. The summed E-state index contributed by atoms with van der Waals surface area (Å²) in [4.78, 5) is 4.35. The lowest BCUT2D eigenvalue weighted by Gasteiger charge is -2.04. The Balaban J connectivity index is 2.19. The molecule has 86 valence electrons. The first-order chi connectivity index (χ1) is 7.68. The van der Waals surface area contributed by atoms with Crippen molar-refractivity contribution in [2.45, 2.75) is 19.9 Å². The van der Waals surface area contributed by atoms with Crippen LogP contribution in [0.5, 0.6) is 0 Å². The average molecular weight is 225 g/mol. The molecule has 2 rings (SSSR count). The fourth-order valence-electron chi connectivity index (χ4n) is 1.68. The van der Waals surface area contributed by atoms with Gasteiger partial charge in [-0.25, -0.2) is 13.8 Å². The molecule has 0 atom stereocenters. The number of halogens is 2. The van der Waals surface area contributed by atoms with E-state index in [1.807, 2.05) is 35.7 Å². The van der Waals surface area contributed by atoms with Crippen LogP contribution in [0.1, 0.15) is 11.4 Å². The summed E-state index contributed by atoms with van der Waals surface area (Å²) in [6.45, 7) is 1.99. The van der Waals surface area contributed by atoms with Gasteiger partial charge in [0.05, 0.1) is 17.9 Å². The van der Waals surface area contributed by atoms with Crippen LogP contribution in [0.25, 0.3) is 5.65 Å². The van der Waals surface area contributed by atoms with Gasteiger partial charge >= 0.3 is 0 Å². The highest BCUT2D eigenvalue weighted by atomic mass is 19.3. The van der Waals surface area contributed by atoms with Gasteiger partial charge in [0.25, 0.3) is 6.43 Å². The van der Waals surface area contributed by atoms with E-state index in [-0.39, 0.29) is 6.54 Å². The van der Waals surface area contributed by atoms with Crippen LogP contribution in [0.3, 0.4) is 0 Å². The Labute approximate surface area is 92.1 Å². The van der Waals surface area contributed by atoms with Gasteiger partial charge in [-0.2, -0.15) is 0 Å². The van der Waals surface area contributed by atoms with Gasteiger partial charge in [-0.05, 0) is 19.1 Å². The van der Waals surface area contributed by atoms with Gasteiger partial charge in [0, 0.05) is 12.7 Å². The molecule has 0 aromatic carbocycles.